The lowest BCUT2D eigenvalue weighted by Gasteiger charge is -2.41. The summed E-state index contributed by atoms with van der Waals surface area (Å²) in [6, 6.07) is 0. The number of amides is 1. The molecule has 0 unspecified atom stereocenters. The second-order valence-electron chi connectivity index (χ2n) is 4.41. The van der Waals surface area contributed by atoms with Crippen LogP contribution in [-0.2, 0) is 16.1 Å². The van der Waals surface area contributed by atoms with E-state index in [1.807, 2.05) is 0 Å². The van der Waals surface area contributed by atoms with Gasteiger partial charge in [0.15, 0.2) is 0 Å². The number of fused-ring (bicyclic) bond motifs is 1. The van der Waals surface area contributed by atoms with Gasteiger partial charge in [-0.25, -0.2) is 9.48 Å². The maximum absolute atomic E-state index is 11.8. The summed E-state index contributed by atoms with van der Waals surface area (Å²) in [5, 5.41) is 28.8. The molecule has 10 heteroatoms. The number of β-lactam (4-membered cyclic amide) rings is 1. The molecule has 0 spiro atoms. The van der Waals surface area contributed by atoms with Gasteiger partial charge in [-0.15, -0.1) is 16.9 Å². The molecule has 1 aromatic heterocycles. The van der Waals surface area contributed by atoms with Crippen LogP contribution in [0.5, 0.6) is 0 Å². The Kier molecular flexibility index (Phi) is 3.18. The van der Waals surface area contributed by atoms with E-state index < -0.39 is 11.9 Å². The van der Waals surface area contributed by atoms with Gasteiger partial charge in [0.1, 0.15) is 17.4 Å². The number of aliphatic hydroxyl groups is 1. The van der Waals surface area contributed by atoms with Gasteiger partial charge in [0.2, 0.25) is 5.91 Å². The molecular weight excluding hydrogens is 286 g/mol. The molecule has 1 aromatic rings. The largest absolute Gasteiger partial charge is 0.477 e. The molecule has 106 valence electrons. The molecule has 0 aliphatic carbocycles. The van der Waals surface area contributed by atoms with Crippen LogP contribution in [0.15, 0.2) is 16.9 Å². The molecule has 2 aliphatic heterocycles. The lowest BCUT2D eigenvalue weighted by molar-refractivity contribution is -0.153. The second-order valence-corrected chi connectivity index (χ2v) is 5.62. The van der Waals surface area contributed by atoms with Crippen molar-refractivity contribution >= 4 is 23.6 Å². The number of thioether (sulfide) groups is 1. The highest BCUT2D eigenvalue weighted by Gasteiger charge is 2.55. The Hall–Kier alpha value is -1.94. The lowest BCUT2D eigenvalue weighted by atomic mass is 9.98. The molecule has 2 aliphatic rings. The van der Waals surface area contributed by atoms with Gasteiger partial charge in [0, 0.05) is 17.9 Å². The average Bonchev–Trinajstić information content (AvgIpc) is 3.02. The van der Waals surface area contributed by atoms with E-state index in [1.54, 1.807) is 0 Å². The van der Waals surface area contributed by atoms with Crippen molar-refractivity contribution in [2.24, 2.45) is 5.92 Å². The number of aromatic nitrogens is 4. The first-order valence-corrected chi connectivity index (χ1v) is 6.79. The monoisotopic (exact) mass is 297 g/mol. The molecule has 0 bridgehead atoms. The molecule has 1 amide bonds. The number of carboxylic acids is 1. The van der Waals surface area contributed by atoms with E-state index in [0.717, 1.165) is 0 Å². The first kappa shape index (κ1) is 13.1. The van der Waals surface area contributed by atoms with E-state index in [1.165, 1.54) is 27.7 Å². The summed E-state index contributed by atoms with van der Waals surface area (Å²) in [6.45, 7) is 0.171. The van der Waals surface area contributed by atoms with Crippen molar-refractivity contribution in [3.63, 3.8) is 0 Å². The Labute approximate surface area is 117 Å². The van der Waals surface area contributed by atoms with Crippen LogP contribution >= 0.6 is 11.8 Å². The average molecular weight is 297 g/mol. The van der Waals surface area contributed by atoms with Crippen LogP contribution in [0.2, 0.25) is 0 Å². The van der Waals surface area contributed by atoms with Crippen LogP contribution in [0.4, 0.5) is 0 Å². The van der Waals surface area contributed by atoms with Crippen LogP contribution in [0.1, 0.15) is 6.42 Å². The van der Waals surface area contributed by atoms with Gasteiger partial charge in [-0.1, -0.05) is 0 Å². The van der Waals surface area contributed by atoms with Gasteiger partial charge in [0.05, 0.1) is 12.5 Å². The molecule has 1 saturated heterocycles. The van der Waals surface area contributed by atoms with Gasteiger partial charge in [-0.05, 0) is 10.4 Å². The molecule has 0 radical (unpaired) electrons. The fourth-order valence-corrected chi connectivity index (χ4v) is 3.78. The summed E-state index contributed by atoms with van der Waals surface area (Å²) < 4.78 is 1.49. The van der Waals surface area contributed by atoms with Crippen molar-refractivity contribution in [2.45, 2.75) is 18.3 Å². The SMILES string of the molecule is O=C(O)C1=C(CCn2cnnn2)S[C@@H]2[C@@H](CO)C(=O)N12. The Bertz CT molecular complexity index is 586. The number of aryl methyl sites for hydroxylation is 1. The summed E-state index contributed by atoms with van der Waals surface area (Å²) in [7, 11) is 0. The number of tetrazole rings is 1. The highest BCUT2D eigenvalue weighted by molar-refractivity contribution is 8.04. The van der Waals surface area contributed by atoms with Gasteiger partial charge in [-0.2, -0.15) is 0 Å². The van der Waals surface area contributed by atoms with Crippen LogP contribution in [-0.4, -0.2) is 59.2 Å². The number of aliphatic carboxylic acids is 1. The van der Waals surface area contributed by atoms with Crippen LogP contribution in [0, 0.1) is 5.92 Å². The highest BCUT2D eigenvalue weighted by atomic mass is 32.2. The minimum absolute atomic E-state index is 0.0165. The van der Waals surface area contributed by atoms with Gasteiger partial charge < -0.3 is 10.2 Å². The van der Waals surface area contributed by atoms with E-state index in [0.29, 0.717) is 17.9 Å². The zero-order valence-corrected chi connectivity index (χ0v) is 11.0. The normalized spacial score (nSPS) is 24.9. The topological polar surface area (TPSA) is 121 Å². The lowest BCUT2D eigenvalue weighted by Crippen LogP contribution is -2.58. The number of carbonyl (C=O) groups is 2. The van der Waals surface area contributed by atoms with Gasteiger partial charge in [-0.3, -0.25) is 9.69 Å². The Morgan fingerprint density at radius 1 is 1.50 bits per heavy atom. The van der Waals surface area contributed by atoms with E-state index in [4.69, 9.17) is 5.11 Å². The van der Waals surface area contributed by atoms with E-state index >= 15 is 0 Å². The van der Waals surface area contributed by atoms with Crippen molar-refractivity contribution < 1.29 is 19.8 Å². The van der Waals surface area contributed by atoms with Gasteiger partial charge in [0.25, 0.3) is 0 Å². The third-order valence-electron chi connectivity index (χ3n) is 3.28. The zero-order valence-electron chi connectivity index (χ0n) is 10.2. The quantitative estimate of drug-likeness (QED) is 0.656. The molecule has 0 aromatic carbocycles. The first-order chi connectivity index (χ1) is 9.63. The molecule has 2 atom stereocenters. The van der Waals surface area contributed by atoms with Crippen molar-refractivity contribution in [3.05, 3.63) is 16.9 Å². The molecule has 3 rings (SSSR count). The molecule has 9 nitrogen and oxygen atoms in total. The predicted molar refractivity (Wildman–Crippen MR) is 65.9 cm³/mol. The van der Waals surface area contributed by atoms with Crippen LogP contribution < -0.4 is 0 Å². The number of carbonyl (C=O) groups excluding carboxylic acids is 1. The van der Waals surface area contributed by atoms with Gasteiger partial charge >= 0.3 is 5.97 Å². The molecule has 1 fully saturated rings. The summed E-state index contributed by atoms with van der Waals surface area (Å²) in [5.74, 6) is -1.98. The summed E-state index contributed by atoms with van der Waals surface area (Å²) in [4.78, 5) is 25.0. The summed E-state index contributed by atoms with van der Waals surface area (Å²) in [5.41, 5.74) is 0.0165. The predicted octanol–water partition coefficient (Wildman–Crippen LogP) is -1.12. The fraction of sp³-hybridized carbons (Fsp3) is 0.500. The van der Waals surface area contributed by atoms with Crippen molar-refractivity contribution in [2.75, 3.05) is 6.61 Å². The standard InChI is InChI=1S/C10H11N5O4S/c16-3-5-8(17)15-7(10(18)19)6(20-9(5)15)1-2-14-4-11-12-13-14/h4-5,9,16H,1-3H2,(H,18,19)/t5-,9+/m0/s1. The molecule has 20 heavy (non-hydrogen) atoms. The number of aliphatic hydroxyl groups excluding tert-OH is 1. The van der Waals surface area contributed by atoms with Crippen LogP contribution in [0.3, 0.4) is 0 Å². The number of nitrogens with zero attached hydrogens (tertiary/aromatic N) is 5. The summed E-state index contributed by atoms with van der Waals surface area (Å²) in [6.07, 6.45) is 1.87. The third kappa shape index (κ3) is 1.88. The number of rotatable bonds is 5. The minimum atomic E-state index is -1.13. The molecular formula is C10H11N5O4S. The third-order valence-corrected chi connectivity index (χ3v) is 4.74. The fourth-order valence-electron chi connectivity index (χ4n) is 2.30. The van der Waals surface area contributed by atoms with E-state index in [-0.39, 0.29) is 23.6 Å². The number of hydrogen-bond acceptors (Lipinski definition) is 7. The minimum Gasteiger partial charge on any atom is -0.477 e. The first-order valence-electron chi connectivity index (χ1n) is 5.91. The molecule has 3 heterocycles. The Morgan fingerprint density at radius 2 is 2.30 bits per heavy atom. The number of hydrogen-bond donors (Lipinski definition) is 2. The van der Waals surface area contributed by atoms with Crippen molar-refractivity contribution in [3.8, 4) is 0 Å². The number of carboxylic acid groups (broad SMARTS) is 1. The van der Waals surface area contributed by atoms with Crippen LogP contribution in [0.25, 0.3) is 0 Å². The summed E-state index contributed by atoms with van der Waals surface area (Å²) >= 11 is 1.32. The van der Waals surface area contributed by atoms with E-state index in [2.05, 4.69) is 15.5 Å². The van der Waals surface area contributed by atoms with Crippen molar-refractivity contribution in [1.29, 1.82) is 0 Å². The number of allylic oxidation sites excluding steroid dienone is 1. The van der Waals surface area contributed by atoms with E-state index in [9.17, 15) is 14.7 Å². The molecule has 2 N–H and O–H groups in total. The van der Waals surface area contributed by atoms with Crippen molar-refractivity contribution in [1.82, 2.24) is 25.1 Å². The Morgan fingerprint density at radius 3 is 2.90 bits per heavy atom. The maximum atomic E-state index is 11.8. The smallest absolute Gasteiger partial charge is 0.353 e. The maximum Gasteiger partial charge on any atom is 0.353 e. The molecule has 0 saturated carbocycles. The Balaban J connectivity index is 1.78. The highest BCUT2D eigenvalue weighted by Crippen LogP contribution is 2.50. The zero-order chi connectivity index (χ0) is 14.3. The second kappa shape index (κ2) is 4.87.